The largest absolute Gasteiger partial charge is 0.497 e. The van der Waals surface area contributed by atoms with Gasteiger partial charge in [-0.2, -0.15) is 0 Å². The molecule has 0 aliphatic carbocycles. The van der Waals surface area contributed by atoms with Crippen LogP contribution in [0.2, 0.25) is 0 Å². The molecule has 5 atom stereocenters. The van der Waals surface area contributed by atoms with Gasteiger partial charge in [0.05, 0.1) is 32.4 Å². The van der Waals surface area contributed by atoms with Crippen molar-refractivity contribution in [3.63, 3.8) is 0 Å². The van der Waals surface area contributed by atoms with Crippen molar-refractivity contribution < 1.29 is 24.4 Å². The summed E-state index contributed by atoms with van der Waals surface area (Å²) in [4.78, 5) is 0. The lowest BCUT2D eigenvalue weighted by Crippen LogP contribution is -2.38. The third kappa shape index (κ3) is 5.15. The number of ether oxygens (including phenoxy) is 3. The minimum absolute atomic E-state index is 0.00741. The van der Waals surface area contributed by atoms with Gasteiger partial charge >= 0.3 is 0 Å². The summed E-state index contributed by atoms with van der Waals surface area (Å²) in [6.07, 6.45) is -1.09. The fraction of sp³-hybridized carbons (Fsp3) is 0.357. The molecule has 0 saturated carbocycles. The van der Waals surface area contributed by atoms with Gasteiger partial charge in [0.1, 0.15) is 17.5 Å². The molecule has 2 unspecified atom stereocenters. The lowest BCUT2D eigenvalue weighted by atomic mass is 9.77. The van der Waals surface area contributed by atoms with E-state index in [0.29, 0.717) is 7.41 Å². The number of hydrogen-bond acceptors (Lipinski definition) is 6. The number of nitrogens with one attached hydrogen (secondary N) is 1. The van der Waals surface area contributed by atoms with Crippen LogP contribution in [-0.4, -0.2) is 56.6 Å². The molecule has 0 aromatic heterocycles. The second kappa shape index (κ2) is 11.4. The summed E-state index contributed by atoms with van der Waals surface area (Å²) in [7, 11) is 4.19. The van der Waals surface area contributed by atoms with E-state index in [9.17, 15) is 10.2 Å². The molecular formula is C28H34BNO5. The van der Waals surface area contributed by atoms with Crippen molar-refractivity contribution in [3.8, 4) is 5.75 Å². The van der Waals surface area contributed by atoms with Crippen molar-refractivity contribution >= 4 is 7.41 Å². The van der Waals surface area contributed by atoms with Crippen LogP contribution in [0.5, 0.6) is 5.75 Å². The van der Waals surface area contributed by atoms with Gasteiger partial charge in [-0.25, -0.2) is 0 Å². The Bertz CT molecular complexity index is 1010. The average molecular weight is 475 g/mol. The molecule has 0 bridgehead atoms. The minimum Gasteiger partial charge on any atom is -0.497 e. The van der Waals surface area contributed by atoms with E-state index in [4.69, 9.17) is 14.2 Å². The highest BCUT2D eigenvalue weighted by molar-refractivity contribution is 6.34. The molecule has 3 N–H and O–H groups in total. The maximum atomic E-state index is 10.9. The first-order chi connectivity index (χ1) is 17.0. The third-order valence-corrected chi connectivity index (χ3v) is 6.94. The SMILES string of the molecule is CNB[C@@H]1O[C@H](COC(c2ccccc2)(c2ccc(CO)cc2)c2ccc(OC)cc2)C(O)[C@@H]1C. The van der Waals surface area contributed by atoms with Crippen molar-refractivity contribution in [1.82, 2.24) is 5.23 Å². The number of methoxy groups -OCH3 is 1. The molecule has 3 aromatic carbocycles. The molecule has 4 rings (SSSR count). The van der Waals surface area contributed by atoms with Crippen LogP contribution in [0.25, 0.3) is 0 Å². The van der Waals surface area contributed by atoms with E-state index >= 15 is 0 Å². The summed E-state index contributed by atoms with van der Waals surface area (Å²) < 4.78 is 18.5. The molecule has 184 valence electrons. The van der Waals surface area contributed by atoms with E-state index < -0.39 is 17.8 Å². The fourth-order valence-electron chi connectivity index (χ4n) is 4.86. The van der Waals surface area contributed by atoms with Crippen LogP contribution >= 0.6 is 0 Å². The van der Waals surface area contributed by atoms with Crippen LogP contribution in [-0.2, 0) is 21.7 Å². The predicted molar refractivity (Wildman–Crippen MR) is 138 cm³/mol. The van der Waals surface area contributed by atoms with Crippen molar-refractivity contribution in [3.05, 3.63) is 101 Å². The first kappa shape index (κ1) is 25.4. The zero-order valence-corrected chi connectivity index (χ0v) is 20.6. The Labute approximate surface area is 208 Å². The van der Waals surface area contributed by atoms with Gasteiger partial charge in [0.15, 0.2) is 0 Å². The topological polar surface area (TPSA) is 80.2 Å². The van der Waals surface area contributed by atoms with Crippen molar-refractivity contribution in [1.29, 1.82) is 0 Å². The minimum atomic E-state index is -0.963. The molecular weight excluding hydrogens is 441 g/mol. The van der Waals surface area contributed by atoms with Crippen LogP contribution in [0.15, 0.2) is 78.9 Å². The van der Waals surface area contributed by atoms with Crippen molar-refractivity contribution in [2.45, 2.75) is 37.3 Å². The molecule has 1 heterocycles. The predicted octanol–water partition coefficient (Wildman–Crippen LogP) is 2.79. The molecule has 1 fully saturated rings. The molecule has 35 heavy (non-hydrogen) atoms. The summed E-state index contributed by atoms with van der Waals surface area (Å²) in [6.45, 7) is 2.18. The molecule has 3 aromatic rings. The summed E-state index contributed by atoms with van der Waals surface area (Å²) in [5.74, 6) is 0.747. The summed E-state index contributed by atoms with van der Waals surface area (Å²) >= 11 is 0. The van der Waals surface area contributed by atoms with E-state index in [1.807, 2.05) is 92.8 Å². The number of hydrogen-bond donors (Lipinski definition) is 3. The van der Waals surface area contributed by atoms with Gasteiger partial charge in [-0.3, -0.25) is 0 Å². The van der Waals surface area contributed by atoms with Gasteiger partial charge in [0.2, 0.25) is 7.41 Å². The number of rotatable bonds is 10. The molecule has 1 saturated heterocycles. The number of benzene rings is 3. The van der Waals surface area contributed by atoms with E-state index in [0.717, 1.165) is 28.0 Å². The normalized spacial score (nSPS) is 23.6. The monoisotopic (exact) mass is 475 g/mol. The first-order valence-electron chi connectivity index (χ1n) is 12.1. The first-order valence-corrected chi connectivity index (χ1v) is 12.1. The standard InChI is InChI=1S/C28H34BNO5/c1-19-26(32)25(35-27(19)29-30-2)18-34-28(21-7-5-4-6-8-21,22-11-9-20(17-31)10-12-22)23-13-15-24(33-3)16-14-23/h4-16,19,25-27,29-32H,17-18H2,1-3H3/t19-,25+,26?,27+,28?/m0/s1. The van der Waals surface area contributed by atoms with Crippen LogP contribution in [0.1, 0.15) is 29.2 Å². The third-order valence-electron chi connectivity index (χ3n) is 6.94. The van der Waals surface area contributed by atoms with Crippen LogP contribution in [0, 0.1) is 5.92 Å². The Hall–Kier alpha value is -2.68. The summed E-state index contributed by atoms with van der Waals surface area (Å²) in [5, 5.41) is 23.7. The van der Waals surface area contributed by atoms with Gasteiger partial charge in [-0.1, -0.05) is 73.7 Å². The van der Waals surface area contributed by atoms with Crippen LogP contribution < -0.4 is 9.96 Å². The Morgan fingerprint density at radius 2 is 1.54 bits per heavy atom. The van der Waals surface area contributed by atoms with Crippen molar-refractivity contribution in [2.75, 3.05) is 20.8 Å². The number of aliphatic hydroxyl groups is 2. The number of aliphatic hydroxyl groups excluding tert-OH is 2. The zero-order chi connectivity index (χ0) is 24.8. The van der Waals surface area contributed by atoms with Gasteiger partial charge in [-0.05, 0) is 41.4 Å². The Balaban J connectivity index is 1.79. The van der Waals surface area contributed by atoms with Crippen LogP contribution in [0.3, 0.4) is 0 Å². The molecule has 7 heteroatoms. The lowest BCUT2D eigenvalue weighted by molar-refractivity contribution is -0.0745. The van der Waals surface area contributed by atoms with Gasteiger partial charge in [0.25, 0.3) is 0 Å². The quantitative estimate of drug-likeness (QED) is 0.309. The molecule has 1 aliphatic heterocycles. The maximum absolute atomic E-state index is 10.9. The van der Waals surface area contributed by atoms with Gasteiger partial charge in [-0.15, -0.1) is 0 Å². The average Bonchev–Trinajstić information content (AvgIpc) is 3.18. The second-order valence-electron chi connectivity index (χ2n) is 9.06. The Kier molecular flexibility index (Phi) is 8.26. The van der Waals surface area contributed by atoms with E-state index in [-0.39, 0.29) is 25.1 Å². The van der Waals surface area contributed by atoms with Gasteiger partial charge in [0, 0.05) is 5.92 Å². The lowest BCUT2D eigenvalue weighted by Gasteiger charge is -2.37. The van der Waals surface area contributed by atoms with E-state index in [1.54, 1.807) is 7.11 Å². The maximum Gasteiger partial charge on any atom is 0.234 e. The second-order valence-corrected chi connectivity index (χ2v) is 9.06. The Morgan fingerprint density at radius 1 is 0.943 bits per heavy atom. The fourth-order valence-corrected chi connectivity index (χ4v) is 4.86. The molecule has 0 spiro atoms. The van der Waals surface area contributed by atoms with Crippen molar-refractivity contribution in [2.24, 2.45) is 5.92 Å². The molecule has 0 radical (unpaired) electrons. The molecule has 6 nitrogen and oxygen atoms in total. The highest BCUT2D eigenvalue weighted by Crippen LogP contribution is 2.42. The highest BCUT2D eigenvalue weighted by Gasteiger charge is 2.44. The molecule has 1 aliphatic rings. The van der Waals surface area contributed by atoms with E-state index in [2.05, 4.69) is 5.23 Å². The smallest absolute Gasteiger partial charge is 0.234 e. The zero-order valence-electron chi connectivity index (χ0n) is 20.6. The highest BCUT2D eigenvalue weighted by atomic mass is 16.6. The summed E-state index contributed by atoms with van der Waals surface area (Å²) in [5.41, 5.74) is 2.65. The molecule has 0 amide bonds. The Morgan fingerprint density at radius 3 is 2.11 bits per heavy atom. The van der Waals surface area contributed by atoms with Gasteiger partial charge < -0.3 is 29.7 Å². The van der Waals surface area contributed by atoms with Crippen LogP contribution in [0.4, 0.5) is 0 Å². The van der Waals surface area contributed by atoms with E-state index in [1.165, 1.54) is 0 Å². The summed E-state index contributed by atoms with van der Waals surface area (Å²) in [6, 6.07) is 25.6.